The summed E-state index contributed by atoms with van der Waals surface area (Å²) in [4.78, 5) is 49.5. The van der Waals surface area contributed by atoms with Gasteiger partial charge >= 0.3 is 5.97 Å². The normalized spacial score (nSPS) is 14.0. The van der Waals surface area contributed by atoms with E-state index >= 15 is 0 Å². The Morgan fingerprint density at radius 2 is 1.87 bits per heavy atom. The molecule has 1 saturated heterocycles. The van der Waals surface area contributed by atoms with Gasteiger partial charge in [-0.1, -0.05) is 29.8 Å². The molecule has 3 amide bonds. The summed E-state index contributed by atoms with van der Waals surface area (Å²) in [6.07, 6.45) is 1.44. The number of nitrogens with one attached hydrogen (secondary N) is 1. The van der Waals surface area contributed by atoms with E-state index in [2.05, 4.69) is 5.32 Å². The molecule has 0 radical (unpaired) electrons. The van der Waals surface area contributed by atoms with Gasteiger partial charge in [-0.15, -0.1) is 0 Å². The van der Waals surface area contributed by atoms with E-state index in [-0.39, 0.29) is 39.3 Å². The standard InChI is InChI=1S/C27H20ClFN2O7S/c1-37-21-10-16(9-20(28)24(21)38-14-15-5-7-17(8-6-15)26(34)35)11-22-25(33)31(27(36)39-22)13-23(32)30-19-4-2-3-18(29)12-19/h2-12H,13-14H2,1H3,(H,30,32)(H,34,35)/b22-11+. The minimum absolute atomic E-state index is 0.0730. The minimum Gasteiger partial charge on any atom is -0.493 e. The van der Waals surface area contributed by atoms with Crippen molar-refractivity contribution in [3.63, 3.8) is 0 Å². The molecule has 0 spiro atoms. The molecule has 0 aliphatic carbocycles. The maximum Gasteiger partial charge on any atom is 0.335 e. The molecular weight excluding hydrogens is 551 g/mol. The lowest BCUT2D eigenvalue weighted by molar-refractivity contribution is -0.127. The van der Waals surface area contributed by atoms with Crippen LogP contribution in [-0.4, -0.2) is 46.7 Å². The first-order valence-corrected chi connectivity index (χ1v) is 12.5. The van der Waals surface area contributed by atoms with Gasteiger partial charge in [0.25, 0.3) is 11.1 Å². The Kier molecular flexibility index (Phi) is 8.52. The maximum absolute atomic E-state index is 13.3. The molecule has 0 atom stereocenters. The number of aromatic carboxylic acids is 1. The average Bonchev–Trinajstić information content (AvgIpc) is 3.15. The van der Waals surface area contributed by atoms with Gasteiger partial charge < -0.3 is 19.9 Å². The molecule has 1 aliphatic rings. The van der Waals surface area contributed by atoms with Crippen LogP contribution in [0.1, 0.15) is 21.5 Å². The van der Waals surface area contributed by atoms with Gasteiger partial charge in [0.1, 0.15) is 19.0 Å². The molecule has 39 heavy (non-hydrogen) atoms. The lowest BCUT2D eigenvalue weighted by Gasteiger charge is -2.14. The second-order valence-electron chi connectivity index (χ2n) is 8.15. The van der Waals surface area contributed by atoms with Gasteiger partial charge in [0.15, 0.2) is 11.5 Å². The van der Waals surface area contributed by atoms with Crippen LogP contribution in [0.2, 0.25) is 5.02 Å². The van der Waals surface area contributed by atoms with Gasteiger partial charge in [0.2, 0.25) is 5.91 Å². The van der Waals surface area contributed by atoms with E-state index in [0.717, 1.165) is 11.0 Å². The van der Waals surface area contributed by atoms with Crippen LogP contribution in [0.25, 0.3) is 6.08 Å². The van der Waals surface area contributed by atoms with Gasteiger partial charge in [-0.25, -0.2) is 9.18 Å². The zero-order chi connectivity index (χ0) is 28.1. The number of carbonyl (C=O) groups is 4. The molecule has 1 heterocycles. The van der Waals surface area contributed by atoms with E-state index in [1.807, 2.05) is 0 Å². The molecule has 9 nitrogen and oxygen atoms in total. The fourth-order valence-corrected chi connectivity index (χ4v) is 4.67. The molecule has 0 aromatic heterocycles. The predicted molar refractivity (Wildman–Crippen MR) is 143 cm³/mol. The second-order valence-corrected chi connectivity index (χ2v) is 9.55. The van der Waals surface area contributed by atoms with Crippen molar-refractivity contribution in [1.29, 1.82) is 0 Å². The van der Waals surface area contributed by atoms with Crippen molar-refractivity contribution in [2.45, 2.75) is 6.61 Å². The Morgan fingerprint density at radius 1 is 1.13 bits per heavy atom. The Bertz CT molecular complexity index is 1490. The molecular formula is C27H20ClFN2O7S. The van der Waals surface area contributed by atoms with Crippen molar-refractivity contribution < 1.29 is 38.1 Å². The predicted octanol–water partition coefficient (Wildman–Crippen LogP) is 5.44. The number of imide groups is 1. The third kappa shape index (κ3) is 6.75. The van der Waals surface area contributed by atoms with Gasteiger partial charge in [0, 0.05) is 5.69 Å². The summed E-state index contributed by atoms with van der Waals surface area (Å²) >= 11 is 7.08. The number of benzene rings is 3. The average molecular weight is 571 g/mol. The maximum atomic E-state index is 13.3. The van der Waals surface area contributed by atoms with Crippen LogP contribution >= 0.6 is 23.4 Å². The van der Waals surface area contributed by atoms with Crippen LogP contribution < -0.4 is 14.8 Å². The Hall–Kier alpha value is -4.35. The van der Waals surface area contributed by atoms with Gasteiger partial charge in [-0.3, -0.25) is 19.3 Å². The Balaban J connectivity index is 1.45. The highest BCUT2D eigenvalue weighted by Crippen LogP contribution is 2.39. The number of anilines is 1. The lowest BCUT2D eigenvalue weighted by Crippen LogP contribution is -2.36. The molecule has 2 N–H and O–H groups in total. The van der Waals surface area contributed by atoms with E-state index in [1.165, 1.54) is 49.6 Å². The van der Waals surface area contributed by atoms with Crippen LogP contribution in [0, 0.1) is 5.82 Å². The molecule has 3 aromatic carbocycles. The van der Waals surface area contributed by atoms with Crippen LogP contribution in [0.15, 0.2) is 65.6 Å². The van der Waals surface area contributed by atoms with E-state index in [1.54, 1.807) is 18.2 Å². The van der Waals surface area contributed by atoms with Gasteiger partial charge in [-0.05, 0) is 71.4 Å². The Labute approximate surface area is 231 Å². The monoisotopic (exact) mass is 570 g/mol. The summed E-state index contributed by atoms with van der Waals surface area (Å²) in [6, 6.07) is 14.5. The number of methoxy groups -OCH3 is 1. The second kappa shape index (κ2) is 12.0. The van der Waals surface area contributed by atoms with Crippen LogP contribution in [0.5, 0.6) is 11.5 Å². The first kappa shape index (κ1) is 27.7. The summed E-state index contributed by atoms with van der Waals surface area (Å²) < 4.78 is 24.5. The highest BCUT2D eigenvalue weighted by atomic mass is 35.5. The van der Waals surface area contributed by atoms with Crippen molar-refractivity contribution in [3.8, 4) is 11.5 Å². The molecule has 4 rings (SSSR count). The van der Waals surface area contributed by atoms with E-state index in [9.17, 15) is 23.6 Å². The fourth-order valence-electron chi connectivity index (χ4n) is 3.56. The smallest absolute Gasteiger partial charge is 0.335 e. The number of hydrogen-bond donors (Lipinski definition) is 2. The molecule has 1 fully saturated rings. The van der Waals surface area contributed by atoms with Crippen LogP contribution in [-0.2, 0) is 16.2 Å². The van der Waals surface area contributed by atoms with Crippen molar-refractivity contribution in [1.82, 2.24) is 4.90 Å². The zero-order valence-electron chi connectivity index (χ0n) is 20.3. The molecule has 0 unspecified atom stereocenters. The Morgan fingerprint density at radius 3 is 2.54 bits per heavy atom. The number of ether oxygens (including phenoxy) is 2. The highest BCUT2D eigenvalue weighted by molar-refractivity contribution is 8.18. The molecule has 1 aliphatic heterocycles. The number of carbonyl (C=O) groups excluding carboxylic acids is 3. The molecule has 12 heteroatoms. The van der Waals surface area contributed by atoms with Gasteiger partial charge in [0.05, 0.1) is 22.6 Å². The zero-order valence-corrected chi connectivity index (χ0v) is 21.8. The van der Waals surface area contributed by atoms with E-state index in [0.29, 0.717) is 22.9 Å². The highest BCUT2D eigenvalue weighted by Gasteiger charge is 2.36. The largest absolute Gasteiger partial charge is 0.493 e. The van der Waals surface area contributed by atoms with Crippen molar-refractivity contribution in [2.24, 2.45) is 0 Å². The number of carboxylic acids is 1. The number of halogens is 2. The summed E-state index contributed by atoms with van der Waals surface area (Å²) in [6.45, 7) is -0.450. The fraction of sp³-hybridized carbons (Fsp3) is 0.111. The number of rotatable bonds is 9. The van der Waals surface area contributed by atoms with E-state index < -0.39 is 35.4 Å². The van der Waals surface area contributed by atoms with Crippen LogP contribution in [0.3, 0.4) is 0 Å². The van der Waals surface area contributed by atoms with E-state index in [4.69, 9.17) is 26.2 Å². The van der Waals surface area contributed by atoms with Gasteiger partial charge in [-0.2, -0.15) is 0 Å². The molecule has 200 valence electrons. The number of carboxylic acid groups (broad SMARTS) is 1. The number of amides is 3. The summed E-state index contributed by atoms with van der Waals surface area (Å²) in [7, 11) is 1.41. The quantitative estimate of drug-likeness (QED) is 0.326. The molecule has 3 aromatic rings. The first-order valence-electron chi connectivity index (χ1n) is 11.3. The van der Waals surface area contributed by atoms with Crippen molar-refractivity contribution in [2.75, 3.05) is 19.0 Å². The number of nitrogens with zero attached hydrogens (tertiary/aromatic N) is 1. The third-order valence-electron chi connectivity index (χ3n) is 5.42. The molecule has 0 saturated carbocycles. The SMILES string of the molecule is COc1cc(/C=C2/SC(=O)N(CC(=O)Nc3cccc(F)c3)C2=O)cc(Cl)c1OCc1ccc(C(=O)O)cc1. The lowest BCUT2D eigenvalue weighted by atomic mass is 10.1. The number of hydrogen-bond acceptors (Lipinski definition) is 7. The molecule has 0 bridgehead atoms. The summed E-state index contributed by atoms with van der Waals surface area (Å²) in [5.74, 6) is -2.40. The number of thioether (sulfide) groups is 1. The van der Waals surface area contributed by atoms with Crippen molar-refractivity contribution in [3.05, 3.63) is 93.1 Å². The van der Waals surface area contributed by atoms with Crippen molar-refractivity contribution >= 4 is 58.1 Å². The van der Waals surface area contributed by atoms with Crippen LogP contribution in [0.4, 0.5) is 14.9 Å². The topological polar surface area (TPSA) is 122 Å². The minimum atomic E-state index is -1.03. The summed E-state index contributed by atoms with van der Waals surface area (Å²) in [5, 5.41) is 11.0. The first-order chi connectivity index (χ1) is 18.6. The third-order valence-corrected chi connectivity index (χ3v) is 6.61. The summed E-state index contributed by atoms with van der Waals surface area (Å²) in [5.41, 5.74) is 1.50.